The van der Waals surface area contributed by atoms with Crippen LogP contribution in [0.3, 0.4) is 0 Å². The molecule has 0 spiro atoms. The average molecular weight is 573 g/mol. The van der Waals surface area contributed by atoms with Crippen LogP contribution in [0.4, 0.5) is 22.2 Å². The zero-order valence-electron chi connectivity index (χ0n) is 24.4. The Labute approximate surface area is 244 Å². The molecule has 8 rings (SSSR count). The molecule has 220 valence electrons. The molecule has 0 saturated carbocycles. The third kappa shape index (κ3) is 5.04. The molecule has 42 heavy (non-hydrogen) atoms. The molecular weight excluding hydrogens is 536 g/mol. The number of ether oxygens (including phenoxy) is 2. The van der Waals surface area contributed by atoms with E-state index < -0.39 is 5.60 Å². The number of piperazine rings is 1. The van der Waals surface area contributed by atoms with Gasteiger partial charge in [0.2, 0.25) is 0 Å². The zero-order chi connectivity index (χ0) is 29.0. The number of nitrogens with one attached hydrogen (secondary N) is 1. The number of fused-ring (bicyclic) bond motifs is 3. The Bertz CT molecular complexity index is 1590. The van der Waals surface area contributed by atoms with Crippen LogP contribution in [-0.2, 0) is 9.47 Å². The fraction of sp³-hybridized carbons (Fsp3) is 0.500. The van der Waals surface area contributed by atoms with Crippen LogP contribution in [0.25, 0.3) is 22.5 Å². The van der Waals surface area contributed by atoms with E-state index in [1.807, 2.05) is 61.5 Å². The van der Waals surface area contributed by atoms with Gasteiger partial charge in [0.1, 0.15) is 16.9 Å². The first-order chi connectivity index (χ1) is 20.2. The van der Waals surface area contributed by atoms with Crippen LogP contribution in [0.15, 0.2) is 41.1 Å². The number of rotatable bonds is 5. The van der Waals surface area contributed by atoms with Crippen LogP contribution in [0.2, 0.25) is 0 Å². The number of pyridine rings is 1. The van der Waals surface area contributed by atoms with Gasteiger partial charge >= 0.3 is 6.09 Å². The number of piperidine rings is 1. The van der Waals surface area contributed by atoms with Crippen molar-refractivity contribution in [1.29, 1.82) is 0 Å². The molecule has 3 atom stereocenters. The maximum atomic E-state index is 12.6. The fourth-order valence-corrected chi connectivity index (χ4v) is 6.07. The van der Waals surface area contributed by atoms with E-state index in [-0.39, 0.29) is 24.4 Å². The number of hydrogen-bond donors (Lipinski definition) is 1. The second-order valence-electron chi connectivity index (χ2n) is 12.3. The van der Waals surface area contributed by atoms with E-state index in [0.29, 0.717) is 28.6 Å². The molecule has 4 aliphatic heterocycles. The van der Waals surface area contributed by atoms with Gasteiger partial charge in [0.25, 0.3) is 0 Å². The normalized spacial score (nSPS) is 22.2. The molecular formula is C30H36N8O4. The molecule has 4 aromatic rings. The van der Waals surface area contributed by atoms with Crippen molar-refractivity contribution in [2.75, 3.05) is 29.9 Å². The largest absolute Gasteiger partial charge is 0.459 e. The van der Waals surface area contributed by atoms with Crippen molar-refractivity contribution < 1.29 is 18.7 Å². The molecule has 4 aromatic heterocycles. The predicted octanol–water partition coefficient (Wildman–Crippen LogP) is 5.43. The summed E-state index contributed by atoms with van der Waals surface area (Å²) in [6.45, 7) is 9.92. The highest BCUT2D eigenvalue weighted by Gasteiger charge is 2.49. The van der Waals surface area contributed by atoms with Crippen LogP contribution < -0.4 is 10.2 Å². The average Bonchev–Trinajstić information content (AvgIpc) is 3.59. The maximum absolute atomic E-state index is 12.6. The zero-order valence-corrected chi connectivity index (χ0v) is 24.4. The summed E-state index contributed by atoms with van der Waals surface area (Å²) in [5.74, 6) is 2.61. The van der Waals surface area contributed by atoms with Crippen LogP contribution in [0, 0.1) is 6.92 Å². The van der Waals surface area contributed by atoms with Crippen molar-refractivity contribution >= 4 is 34.6 Å². The van der Waals surface area contributed by atoms with Crippen LogP contribution >= 0.6 is 0 Å². The van der Waals surface area contributed by atoms with E-state index in [2.05, 4.69) is 10.2 Å². The summed E-state index contributed by atoms with van der Waals surface area (Å²) < 4.78 is 19.2. The molecule has 4 aliphatic rings. The Morgan fingerprint density at radius 1 is 1.12 bits per heavy atom. The van der Waals surface area contributed by atoms with E-state index in [1.54, 1.807) is 12.5 Å². The molecule has 12 heteroatoms. The molecule has 8 heterocycles. The summed E-state index contributed by atoms with van der Waals surface area (Å²) in [6, 6.07) is 8.05. The lowest BCUT2D eigenvalue weighted by Gasteiger charge is -2.56. The van der Waals surface area contributed by atoms with Gasteiger partial charge in [-0.1, -0.05) is 0 Å². The van der Waals surface area contributed by atoms with Crippen molar-refractivity contribution in [3.63, 3.8) is 0 Å². The van der Waals surface area contributed by atoms with Gasteiger partial charge < -0.3 is 24.1 Å². The Balaban J connectivity index is 1.08. The Morgan fingerprint density at radius 2 is 1.95 bits per heavy atom. The lowest BCUT2D eigenvalue weighted by atomic mass is 9.88. The first kappa shape index (κ1) is 26.7. The summed E-state index contributed by atoms with van der Waals surface area (Å²) >= 11 is 0. The van der Waals surface area contributed by atoms with Gasteiger partial charge in [-0.25, -0.2) is 24.4 Å². The topological polar surface area (TPSA) is 124 Å². The summed E-state index contributed by atoms with van der Waals surface area (Å²) in [7, 11) is 0. The second-order valence-corrected chi connectivity index (χ2v) is 12.3. The van der Waals surface area contributed by atoms with E-state index in [1.165, 1.54) is 0 Å². The minimum Gasteiger partial charge on any atom is -0.459 e. The third-order valence-electron chi connectivity index (χ3n) is 8.03. The molecule has 0 radical (unpaired) electrons. The number of hydrogen-bond acceptors (Lipinski definition) is 10. The summed E-state index contributed by atoms with van der Waals surface area (Å²) in [5, 5.41) is 8.10. The smallest absolute Gasteiger partial charge is 0.410 e. The van der Waals surface area contributed by atoms with Gasteiger partial charge in [0.05, 0.1) is 18.3 Å². The quantitative estimate of drug-likeness (QED) is 0.331. The molecule has 4 saturated heterocycles. The highest BCUT2D eigenvalue weighted by Crippen LogP contribution is 2.36. The highest BCUT2D eigenvalue weighted by atomic mass is 16.6. The highest BCUT2D eigenvalue weighted by molar-refractivity contribution is 5.87. The molecule has 12 nitrogen and oxygen atoms in total. The number of carbonyl (C=O) groups excluding carboxylic acids is 1. The fourth-order valence-electron chi connectivity index (χ4n) is 6.07. The molecule has 1 amide bonds. The summed E-state index contributed by atoms with van der Waals surface area (Å²) in [4.78, 5) is 31.0. The molecule has 4 fully saturated rings. The number of furan rings is 1. The van der Waals surface area contributed by atoms with Crippen molar-refractivity contribution in [3.05, 3.63) is 42.4 Å². The molecule has 3 unspecified atom stereocenters. The Kier molecular flexibility index (Phi) is 6.52. The van der Waals surface area contributed by atoms with Crippen molar-refractivity contribution in [1.82, 2.24) is 29.6 Å². The SMILES string of the molecule is Cc1cc(Nc2nc(-c3ccc(N4CC5CC(C4)N5C(=O)OC(C)(C)C)nc3)nc3ccoc23)nn1C1CCCCO1. The number of aromatic nitrogens is 5. The minimum absolute atomic E-state index is 0.0466. The lowest BCUT2D eigenvalue weighted by molar-refractivity contribution is -0.0405. The van der Waals surface area contributed by atoms with Crippen molar-refractivity contribution in [2.24, 2.45) is 0 Å². The van der Waals surface area contributed by atoms with Gasteiger partial charge in [0.15, 0.2) is 29.3 Å². The molecule has 2 bridgehead atoms. The van der Waals surface area contributed by atoms with Crippen LogP contribution in [0.1, 0.15) is 58.4 Å². The van der Waals surface area contributed by atoms with E-state index in [4.69, 9.17) is 33.9 Å². The van der Waals surface area contributed by atoms with E-state index in [9.17, 15) is 4.79 Å². The second kappa shape index (κ2) is 10.3. The Morgan fingerprint density at radius 3 is 2.67 bits per heavy atom. The number of amides is 1. The number of anilines is 3. The summed E-state index contributed by atoms with van der Waals surface area (Å²) in [5.41, 5.74) is 2.56. The van der Waals surface area contributed by atoms with Gasteiger partial charge in [-0.3, -0.25) is 4.90 Å². The van der Waals surface area contributed by atoms with Gasteiger partial charge in [0, 0.05) is 49.3 Å². The minimum atomic E-state index is -0.501. The lowest BCUT2D eigenvalue weighted by Crippen LogP contribution is -2.70. The molecule has 0 aromatic carbocycles. The van der Waals surface area contributed by atoms with Crippen LogP contribution in [-0.4, -0.2) is 73.1 Å². The summed E-state index contributed by atoms with van der Waals surface area (Å²) in [6.07, 6.45) is 7.29. The van der Waals surface area contributed by atoms with Gasteiger partial charge in [-0.05, 0) is 65.5 Å². The number of aryl methyl sites for hydroxylation is 1. The monoisotopic (exact) mass is 572 g/mol. The number of carbonyl (C=O) groups is 1. The van der Waals surface area contributed by atoms with Crippen LogP contribution in [0.5, 0.6) is 0 Å². The third-order valence-corrected chi connectivity index (χ3v) is 8.03. The first-order valence-electron chi connectivity index (χ1n) is 14.6. The van der Waals surface area contributed by atoms with Gasteiger partial charge in [-0.2, -0.15) is 5.10 Å². The maximum Gasteiger partial charge on any atom is 0.410 e. The van der Waals surface area contributed by atoms with E-state index >= 15 is 0 Å². The number of nitrogens with zero attached hydrogens (tertiary/aromatic N) is 7. The van der Waals surface area contributed by atoms with Crippen molar-refractivity contribution in [3.8, 4) is 11.4 Å². The standard InChI is InChI=1S/C30H36N8O4/c1-18-13-23(35-38(18)25-7-5-6-11-40-25)33-28-26-22(10-12-41-26)32-27(34-28)19-8-9-24(31-15-19)36-16-20-14-21(17-36)37(20)29(39)42-30(2,3)4/h8-10,12-13,15,20-21,25H,5-7,11,14,16-17H2,1-4H3,(H,32,33,34,35). The molecule has 0 aliphatic carbocycles. The van der Waals surface area contributed by atoms with E-state index in [0.717, 1.165) is 62.5 Å². The Hall–Kier alpha value is -4.19. The predicted molar refractivity (Wildman–Crippen MR) is 157 cm³/mol. The first-order valence-corrected chi connectivity index (χ1v) is 14.6. The molecule has 1 N–H and O–H groups in total. The van der Waals surface area contributed by atoms with Crippen molar-refractivity contribution in [2.45, 2.75) is 77.3 Å². The van der Waals surface area contributed by atoms with Gasteiger partial charge in [-0.15, -0.1) is 0 Å².